The van der Waals surface area contributed by atoms with Crippen LogP contribution in [-0.4, -0.2) is 35.8 Å². The van der Waals surface area contributed by atoms with Gasteiger partial charge in [0.1, 0.15) is 0 Å². The number of rotatable bonds is 1. The number of nitrogens with two attached hydrogens (primary N) is 1. The summed E-state index contributed by atoms with van der Waals surface area (Å²) in [5.41, 5.74) is 5.39. The Kier molecular flexibility index (Phi) is 2.83. The fraction of sp³-hybridized carbons (Fsp3) is 0.444. The van der Waals surface area contributed by atoms with Gasteiger partial charge in [-0.2, -0.15) is 10.2 Å². The summed E-state index contributed by atoms with van der Waals surface area (Å²) in [5, 5.41) is 8.73. The Morgan fingerprint density at radius 3 is 3.25 bits per heavy atom. The minimum absolute atomic E-state index is 0.0106. The predicted molar refractivity (Wildman–Crippen MR) is 54.0 cm³/mol. The lowest BCUT2D eigenvalue weighted by Gasteiger charge is -2.30. The molecule has 1 aliphatic heterocycles. The van der Waals surface area contributed by atoms with Crippen LogP contribution in [0.3, 0.4) is 0 Å². The topological polar surface area (TPSA) is 88.1 Å². The van der Waals surface area contributed by atoms with Crippen molar-refractivity contribution in [2.75, 3.05) is 30.3 Å². The molecule has 16 heavy (non-hydrogen) atoms. The number of anilines is 2. The number of nitriles is 1. The zero-order valence-corrected chi connectivity index (χ0v) is 8.43. The molecule has 1 saturated heterocycles. The maximum Gasteiger partial charge on any atom is 0.222 e. The molecule has 0 radical (unpaired) electrons. The van der Waals surface area contributed by atoms with E-state index in [1.165, 1.54) is 0 Å². The van der Waals surface area contributed by atoms with Gasteiger partial charge in [-0.05, 0) is 0 Å². The summed E-state index contributed by atoms with van der Waals surface area (Å²) in [5.74, 6) is -0.416. The van der Waals surface area contributed by atoms with Crippen LogP contribution in [0.15, 0.2) is 6.20 Å². The number of hydrogen-bond donors (Lipinski definition) is 1. The third-order valence-corrected chi connectivity index (χ3v) is 2.25. The van der Waals surface area contributed by atoms with Gasteiger partial charge in [-0.1, -0.05) is 0 Å². The predicted octanol–water partition coefficient (Wildman–Crippen LogP) is -0.0733. The number of ether oxygens (including phenoxy) is 1. The highest BCUT2D eigenvalue weighted by Crippen LogP contribution is 2.18. The Hall–Kier alpha value is -1.94. The van der Waals surface area contributed by atoms with Crippen molar-refractivity contribution in [2.24, 2.45) is 0 Å². The molecule has 0 bridgehead atoms. The molecule has 1 fully saturated rings. The summed E-state index contributed by atoms with van der Waals surface area (Å²) >= 11 is 0. The van der Waals surface area contributed by atoms with E-state index >= 15 is 0 Å². The minimum Gasteiger partial charge on any atom is -0.368 e. The highest BCUT2D eigenvalue weighted by atomic mass is 19.1. The highest BCUT2D eigenvalue weighted by Gasteiger charge is 2.23. The highest BCUT2D eigenvalue weighted by molar-refractivity contribution is 5.43. The SMILES string of the molecule is N#CC1CN(c2nc(N)ncc2F)CCO1. The van der Waals surface area contributed by atoms with E-state index in [1.807, 2.05) is 6.07 Å². The molecule has 0 spiro atoms. The van der Waals surface area contributed by atoms with Gasteiger partial charge >= 0.3 is 0 Å². The summed E-state index contributed by atoms with van der Waals surface area (Å²) in [6.07, 6.45) is 0.457. The molecule has 1 aromatic rings. The van der Waals surface area contributed by atoms with Crippen LogP contribution in [0.5, 0.6) is 0 Å². The van der Waals surface area contributed by atoms with Crippen molar-refractivity contribution in [1.29, 1.82) is 5.26 Å². The van der Waals surface area contributed by atoms with Gasteiger partial charge in [-0.15, -0.1) is 0 Å². The Bertz CT molecular complexity index is 432. The molecule has 7 heteroatoms. The monoisotopic (exact) mass is 223 g/mol. The number of aromatic nitrogens is 2. The fourth-order valence-electron chi connectivity index (χ4n) is 1.51. The van der Waals surface area contributed by atoms with Crippen molar-refractivity contribution in [1.82, 2.24) is 9.97 Å². The molecular formula is C9H10FN5O. The molecule has 6 nitrogen and oxygen atoms in total. The second kappa shape index (κ2) is 4.28. The van der Waals surface area contributed by atoms with Gasteiger partial charge in [0, 0.05) is 6.54 Å². The van der Waals surface area contributed by atoms with E-state index in [4.69, 9.17) is 15.7 Å². The van der Waals surface area contributed by atoms with E-state index < -0.39 is 11.9 Å². The first-order valence-electron chi connectivity index (χ1n) is 4.75. The standard InChI is InChI=1S/C9H10FN5O/c10-7-4-13-9(12)14-8(7)15-1-2-16-6(3-11)5-15/h4,6H,1-2,5H2,(H2,12,13,14). The first-order chi connectivity index (χ1) is 7.70. The number of nitrogens with zero attached hydrogens (tertiary/aromatic N) is 4. The van der Waals surface area contributed by atoms with E-state index in [9.17, 15) is 4.39 Å². The number of morpholine rings is 1. The van der Waals surface area contributed by atoms with Crippen molar-refractivity contribution in [2.45, 2.75) is 6.10 Å². The van der Waals surface area contributed by atoms with Gasteiger partial charge in [-0.25, -0.2) is 9.37 Å². The Morgan fingerprint density at radius 2 is 2.50 bits per heavy atom. The van der Waals surface area contributed by atoms with E-state index in [1.54, 1.807) is 4.90 Å². The molecule has 1 aromatic heterocycles. The third kappa shape index (κ3) is 2.01. The summed E-state index contributed by atoms with van der Waals surface area (Å²) in [4.78, 5) is 8.99. The molecule has 1 atom stereocenters. The van der Waals surface area contributed by atoms with Crippen LogP contribution in [0.4, 0.5) is 16.2 Å². The van der Waals surface area contributed by atoms with Crippen molar-refractivity contribution in [3.63, 3.8) is 0 Å². The maximum absolute atomic E-state index is 13.4. The molecule has 2 rings (SSSR count). The van der Waals surface area contributed by atoms with Crippen molar-refractivity contribution in [3.8, 4) is 6.07 Å². The molecule has 1 aliphatic rings. The zero-order valence-electron chi connectivity index (χ0n) is 8.43. The fourth-order valence-corrected chi connectivity index (χ4v) is 1.51. The molecule has 84 valence electrons. The van der Waals surface area contributed by atoms with Gasteiger partial charge in [0.25, 0.3) is 0 Å². The van der Waals surface area contributed by atoms with Crippen molar-refractivity contribution in [3.05, 3.63) is 12.0 Å². The van der Waals surface area contributed by atoms with Gasteiger partial charge in [0.05, 0.1) is 25.4 Å². The second-order valence-corrected chi connectivity index (χ2v) is 3.33. The normalized spacial score (nSPS) is 20.5. The average Bonchev–Trinajstić information content (AvgIpc) is 2.32. The molecule has 0 amide bonds. The van der Waals surface area contributed by atoms with Crippen LogP contribution in [0, 0.1) is 17.1 Å². The molecule has 0 saturated carbocycles. The van der Waals surface area contributed by atoms with Gasteiger partial charge in [-0.3, -0.25) is 0 Å². The molecule has 2 heterocycles. The second-order valence-electron chi connectivity index (χ2n) is 3.33. The summed E-state index contributed by atoms with van der Waals surface area (Å²) in [7, 11) is 0. The molecule has 0 aliphatic carbocycles. The lowest BCUT2D eigenvalue weighted by molar-refractivity contribution is 0.0758. The Labute approximate surface area is 91.5 Å². The van der Waals surface area contributed by atoms with Gasteiger partial charge < -0.3 is 15.4 Å². The number of halogens is 1. The lowest BCUT2D eigenvalue weighted by Crippen LogP contribution is -2.42. The van der Waals surface area contributed by atoms with E-state index in [-0.39, 0.29) is 18.3 Å². The zero-order chi connectivity index (χ0) is 11.5. The van der Waals surface area contributed by atoms with Crippen LogP contribution in [0.25, 0.3) is 0 Å². The summed E-state index contributed by atoms with van der Waals surface area (Å²) in [6.45, 7) is 1.12. The summed E-state index contributed by atoms with van der Waals surface area (Å²) < 4.78 is 18.6. The van der Waals surface area contributed by atoms with E-state index in [2.05, 4.69) is 9.97 Å². The first kappa shape index (κ1) is 10.6. The van der Waals surface area contributed by atoms with Crippen LogP contribution in [0.2, 0.25) is 0 Å². The quantitative estimate of drug-likeness (QED) is 0.716. The smallest absolute Gasteiger partial charge is 0.222 e. The maximum atomic E-state index is 13.4. The number of hydrogen-bond acceptors (Lipinski definition) is 6. The van der Waals surface area contributed by atoms with Gasteiger partial charge in [0.2, 0.25) is 5.95 Å². The van der Waals surface area contributed by atoms with Crippen LogP contribution in [0.1, 0.15) is 0 Å². The Morgan fingerprint density at radius 1 is 1.69 bits per heavy atom. The third-order valence-electron chi connectivity index (χ3n) is 2.25. The van der Waals surface area contributed by atoms with Gasteiger partial charge in [0.15, 0.2) is 17.7 Å². The summed E-state index contributed by atoms with van der Waals surface area (Å²) in [6, 6.07) is 1.98. The Balaban J connectivity index is 2.23. The number of nitrogen functional groups attached to an aromatic ring is 1. The molecule has 2 N–H and O–H groups in total. The van der Waals surface area contributed by atoms with Crippen molar-refractivity contribution < 1.29 is 9.13 Å². The minimum atomic E-state index is -0.565. The van der Waals surface area contributed by atoms with Crippen LogP contribution < -0.4 is 10.6 Å². The van der Waals surface area contributed by atoms with E-state index in [0.717, 1.165) is 6.20 Å². The first-order valence-corrected chi connectivity index (χ1v) is 4.75. The molecule has 1 unspecified atom stereocenters. The van der Waals surface area contributed by atoms with Crippen LogP contribution >= 0.6 is 0 Å². The van der Waals surface area contributed by atoms with Crippen molar-refractivity contribution >= 4 is 11.8 Å². The molecular weight excluding hydrogens is 213 g/mol. The van der Waals surface area contributed by atoms with E-state index in [0.29, 0.717) is 13.2 Å². The molecule has 0 aromatic carbocycles. The van der Waals surface area contributed by atoms with Crippen LogP contribution in [-0.2, 0) is 4.74 Å². The average molecular weight is 223 g/mol. The lowest BCUT2D eigenvalue weighted by atomic mass is 10.3. The largest absolute Gasteiger partial charge is 0.368 e.